The van der Waals surface area contributed by atoms with E-state index in [9.17, 15) is 0 Å². The van der Waals surface area contributed by atoms with E-state index < -0.39 is 0 Å². The van der Waals surface area contributed by atoms with Crippen molar-refractivity contribution < 1.29 is 0 Å². The Morgan fingerprint density at radius 2 is 1.94 bits per heavy atom. The Balaban J connectivity index is 1.84. The Morgan fingerprint density at radius 1 is 1.18 bits per heavy atom. The molecule has 2 aliphatic rings. The molecule has 0 N–H and O–H groups in total. The van der Waals surface area contributed by atoms with Crippen molar-refractivity contribution in [1.29, 1.82) is 0 Å². The van der Waals surface area contributed by atoms with Gasteiger partial charge in [-0.15, -0.1) is 0 Å². The minimum absolute atomic E-state index is 0.811. The van der Waals surface area contributed by atoms with E-state index in [-0.39, 0.29) is 0 Å². The lowest BCUT2D eigenvalue weighted by atomic mass is 9.96. The maximum absolute atomic E-state index is 2.51. The van der Waals surface area contributed by atoms with Crippen LogP contribution >= 0.6 is 11.9 Å². The predicted molar refractivity (Wildman–Crippen MR) is 77.9 cm³/mol. The Morgan fingerprint density at radius 3 is 2.53 bits per heavy atom. The van der Waals surface area contributed by atoms with E-state index in [1.807, 2.05) is 11.9 Å². The molecule has 0 heterocycles. The molecular formula is C15H25NS. The van der Waals surface area contributed by atoms with Crippen LogP contribution in [0.4, 0.5) is 0 Å². The zero-order valence-corrected chi connectivity index (χ0v) is 12.1. The number of hydrogen-bond donors (Lipinski definition) is 0. The highest BCUT2D eigenvalue weighted by Crippen LogP contribution is 2.34. The normalized spacial score (nSPS) is 22.5. The van der Waals surface area contributed by atoms with Gasteiger partial charge >= 0.3 is 0 Å². The highest BCUT2D eigenvalue weighted by molar-refractivity contribution is 8.00. The van der Waals surface area contributed by atoms with Gasteiger partial charge in [0.15, 0.2) is 0 Å². The molecule has 0 saturated heterocycles. The Labute approximate surface area is 110 Å². The summed E-state index contributed by atoms with van der Waals surface area (Å²) in [5, 5.41) is 0. The highest BCUT2D eigenvalue weighted by atomic mass is 32.2. The summed E-state index contributed by atoms with van der Waals surface area (Å²) in [4.78, 5) is 1.55. The van der Waals surface area contributed by atoms with E-state index in [1.54, 1.807) is 10.5 Å². The van der Waals surface area contributed by atoms with E-state index in [4.69, 9.17) is 0 Å². The van der Waals surface area contributed by atoms with Crippen LogP contribution in [0.25, 0.3) is 0 Å². The van der Waals surface area contributed by atoms with Gasteiger partial charge in [-0.2, -0.15) is 0 Å². The Bertz CT molecular complexity index is 300. The van der Waals surface area contributed by atoms with Crippen LogP contribution in [0.2, 0.25) is 0 Å². The van der Waals surface area contributed by atoms with E-state index >= 15 is 0 Å². The van der Waals surface area contributed by atoms with Crippen molar-refractivity contribution in [3.63, 3.8) is 0 Å². The van der Waals surface area contributed by atoms with Crippen LogP contribution in [0.3, 0.4) is 0 Å². The molecule has 1 nitrogen and oxygen atoms in total. The van der Waals surface area contributed by atoms with E-state index in [1.165, 1.54) is 51.4 Å². The second-order valence-corrected chi connectivity index (χ2v) is 6.52. The molecule has 0 radical (unpaired) electrons. The molecule has 0 aliphatic heterocycles. The van der Waals surface area contributed by atoms with Gasteiger partial charge in [-0.1, -0.05) is 43.9 Å². The molecular weight excluding hydrogens is 226 g/mol. The van der Waals surface area contributed by atoms with Crippen LogP contribution in [0.15, 0.2) is 22.6 Å². The smallest absolute Gasteiger partial charge is 0.0202 e. The van der Waals surface area contributed by atoms with Gasteiger partial charge in [0.05, 0.1) is 0 Å². The van der Waals surface area contributed by atoms with Crippen LogP contribution < -0.4 is 0 Å². The summed E-state index contributed by atoms with van der Waals surface area (Å²) in [6, 6.07) is 0.811. The summed E-state index contributed by atoms with van der Waals surface area (Å²) >= 11 is 1.99. The van der Waals surface area contributed by atoms with Crippen molar-refractivity contribution >= 4 is 11.9 Å². The van der Waals surface area contributed by atoms with Gasteiger partial charge in [-0.25, -0.2) is 4.31 Å². The van der Waals surface area contributed by atoms with Crippen LogP contribution in [-0.4, -0.2) is 17.4 Å². The lowest BCUT2D eigenvalue weighted by molar-refractivity contribution is 0.306. The zero-order chi connectivity index (χ0) is 12.1. The largest absolute Gasteiger partial charge is 0.247 e. The molecule has 96 valence electrons. The molecule has 17 heavy (non-hydrogen) atoms. The van der Waals surface area contributed by atoms with E-state index in [0.717, 1.165) is 6.04 Å². The molecule has 2 aliphatic carbocycles. The Hall–Kier alpha value is -0.210. The summed E-state index contributed by atoms with van der Waals surface area (Å²) < 4.78 is 2.51. The van der Waals surface area contributed by atoms with Gasteiger partial charge in [-0.05, 0) is 51.1 Å². The van der Waals surface area contributed by atoms with Crippen molar-refractivity contribution in [3.8, 4) is 0 Å². The molecule has 0 amide bonds. The van der Waals surface area contributed by atoms with E-state index in [0.29, 0.717) is 0 Å². The van der Waals surface area contributed by atoms with Gasteiger partial charge in [-0.3, -0.25) is 0 Å². The first-order chi connectivity index (χ1) is 8.29. The quantitative estimate of drug-likeness (QED) is 0.653. The first-order valence-corrected chi connectivity index (χ1v) is 7.86. The molecule has 0 unspecified atom stereocenters. The molecule has 1 saturated carbocycles. The van der Waals surface area contributed by atoms with Gasteiger partial charge in [0.25, 0.3) is 0 Å². The molecule has 0 aromatic rings. The van der Waals surface area contributed by atoms with Gasteiger partial charge in [0.2, 0.25) is 0 Å². The van der Waals surface area contributed by atoms with Gasteiger partial charge in [0, 0.05) is 10.9 Å². The fourth-order valence-electron chi connectivity index (χ4n) is 2.74. The number of nitrogens with zero attached hydrogens (tertiary/aromatic N) is 1. The molecule has 2 rings (SSSR count). The summed E-state index contributed by atoms with van der Waals surface area (Å²) in [5.41, 5.74) is 1.61. The summed E-state index contributed by atoms with van der Waals surface area (Å²) in [6.07, 6.45) is 15.5. The fraction of sp³-hybridized carbons (Fsp3) is 0.733. The maximum Gasteiger partial charge on any atom is 0.0202 e. The molecule has 0 atom stereocenters. The van der Waals surface area contributed by atoms with Gasteiger partial charge in [0.1, 0.15) is 0 Å². The lowest BCUT2D eigenvalue weighted by Crippen LogP contribution is -2.28. The van der Waals surface area contributed by atoms with Crippen molar-refractivity contribution in [2.24, 2.45) is 0 Å². The standard InChI is InChI=1S/C15H25NS/c1-3-13-9-11-15(12-10-13)17-16(2)14-7-5-4-6-8-14/h9,11,14H,3-8,10,12H2,1-2H3. The first kappa shape index (κ1) is 13.2. The summed E-state index contributed by atoms with van der Waals surface area (Å²) in [6.45, 7) is 2.26. The second kappa shape index (κ2) is 6.65. The SMILES string of the molecule is CCC1=CC=C(SN(C)C2CCCCC2)CC1. The topological polar surface area (TPSA) is 3.24 Å². The average molecular weight is 251 g/mol. The number of rotatable bonds is 4. The van der Waals surface area contributed by atoms with Crippen LogP contribution in [0.5, 0.6) is 0 Å². The van der Waals surface area contributed by atoms with E-state index in [2.05, 4.69) is 30.4 Å². The molecule has 0 aromatic carbocycles. The molecule has 1 fully saturated rings. The third-order valence-corrected chi connectivity index (χ3v) is 5.16. The predicted octanol–water partition coefficient (Wildman–Crippen LogP) is 4.91. The van der Waals surface area contributed by atoms with Crippen LogP contribution in [0.1, 0.15) is 58.3 Å². The van der Waals surface area contributed by atoms with Gasteiger partial charge < -0.3 is 0 Å². The minimum atomic E-state index is 0.811. The lowest BCUT2D eigenvalue weighted by Gasteiger charge is -2.31. The summed E-state index contributed by atoms with van der Waals surface area (Å²) in [7, 11) is 2.28. The average Bonchev–Trinajstić information content (AvgIpc) is 2.40. The van der Waals surface area contributed by atoms with Crippen molar-refractivity contribution in [3.05, 3.63) is 22.6 Å². The third kappa shape index (κ3) is 3.89. The zero-order valence-electron chi connectivity index (χ0n) is 11.2. The third-order valence-electron chi connectivity index (χ3n) is 4.00. The monoisotopic (exact) mass is 251 g/mol. The van der Waals surface area contributed by atoms with Crippen LogP contribution in [-0.2, 0) is 0 Å². The summed E-state index contributed by atoms with van der Waals surface area (Å²) in [5.74, 6) is 0. The van der Waals surface area contributed by atoms with Crippen LogP contribution in [0, 0.1) is 0 Å². The van der Waals surface area contributed by atoms with Crippen molar-refractivity contribution in [2.75, 3.05) is 7.05 Å². The fourth-order valence-corrected chi connectivity index (χ4v) is 3.79. The number of hydrogen-bond acceptors (Lipinski definition) is 2. The molecule has 0 aromatic heterocycles. The van der Waals surface area contributed by atoms with Crippen molar-refractivity contribution in [2.45, 2.75) is 64.3 Å². The first-order valence-electron chi connectivity index (χ1n) is 7.09. The highest BCUT2D eigenvalue weighted by Gasteiger charge is 2.19. The Kier molecular flexibility index (Phi) is 5.17. The molecule has 0 spiro atoms. The maximum atomic E-state index is 2.51. The molecule has 0 bridgehead atoms. The van der Waals surface area contributed by atoms with Crippen molar-refractivity contribution in [1.82, 2.24) is 4.31 Å². The second-order valence-electron chi connectivity index (χ2n) is 5.24. The molecule has 2 heteroatoms. The minimum Gasteiger partial charge on any atom is -0.247 e. The number of allylic oxidation sites excluding steroid dienone is 4.